The molecule has 1 heterocycles. The Kier molecular flexibility index (Phi) is 6.17. The molecule has 1 saturated heterocycles. The van der Waals surface area contributed by atoms with Gasteiger partial charge in [-0.25, -0.2) is 0 Å². The summed E-state index contributed by atoms with van der Waals surface area (Å²) in [7, 11) is 3.92. The van der Waals surface area contributed by atoms with E-state index < -0.39 is 17.7 Å². The molecule has 1 N–H and O–H groups in total. The Morgan fingerprint density at radius 2 is 1.71 bits per heavy atom. The van der Waals surface area contributed by atoms with Crippen LogP contribution < -0.4 is 0 Å². The van der Waals surface area contributed by atoms with Crippen LogP contribution in [0.2, 0.25) is 5.02 Å². The number of ketones is 1. The summed E-state index contributed by atoms with van der Waals surface area (Å²) in [6, 6.07) is 15.2. The van der Waals surface area contributed by atoms with Crippen molar-refractivity contribution in [1.29, 1.82) is 0 Å². The van der Waals surface area contributed by atoms with E-state index in [9.17, 15) is 14.7 Å². The molecule has 2 aromatic carbocycles. The molecule has 5 nitrogen and oxygen atoms in total. The zero-order valence-electron chi connectivity index (χ0n) is 15.9. The third-order valence-corrected chi connectivity index (χ3v) is 5.03. The number of carbonyl (C=O) groups is 2. The Balaban J connectivity index is 2.07. The fourth-order valence-electron chi connectivity index (χ4n) is 3.41. The quantitative estimate of drug-likeness (QED) is 0.457. The number of rotatable bonds is 6. The third-order valence-electron chi connectivity index (χ3n) is 4.78. The molecule has 0 spiro atoms. The molecule has 0 aliphatic carbocycles. The van der Waals surface area contributed by atoms with Crippen molar-refractivity contribution < 1.29 is 14.7 Å². The lowest BCUT2D eigenvalue weighted by Crippen LogP contribution is -2.32. The van der Waals surface area contributed by atoms with Gasteiger partial charge >= 0.3 is 0 Å². The van der Waals surface area contributed by atoms with Crippen LogP contribution in [0.4, 0.5) is 0 Å². The van der Waals surface area contributed by atoms with Gasteiger partial charge in [0.2, 0.25) is 0 Å². The van der Waals surface area contributed by atoms with Gasteiger partial charge in [0.05, 0.1) is 11.6 Å². The number of aliphatic hydroxyl groups excluding tert-OH is 1. The molecule has 1 amide bonds. The zero-order valence-corrected chi connectivity index (χ0v) is 16.7. The number of Topliss-reactive ketones (excluding diaryl/α,β-unsaturated/α-hetero) is 1. The van der Waals surface area contributed by atoms with Crippen LogP contribution in [-0.4, -0.2) is 53.8 Å². The standard InChI is InChI=1S/C22H23ClN2O3/c1-24(2)13-6-14-25-19(15-9-11-17(23)12-10-15)18(21(27)22(25)28)20(26)16-7-4-3-5-8-16/h3-5,7-12,19,26H,6,13-14H2,1-2H3/t19-/m1/s1. The first-order valence-corrected chi connectivity index (χ1v) is 9.52. The van der Waals surface area contributed by atoms with Gasteiger partial charge in [-0.1, -0.05) is 54.1 Å². The molecule has 1 aliphatic rings. The SMILES string of the molecule is CN(C)CCCN1C(=O)C(=O)C(=C(O)c2ccccc2)[C@H]1c1ccc(Cl)cc1. The summed E-state index contributed by atoms with van der Waals surface area (Å²) in [5.74, 6) is -1.41. The van der Waals surface area contributed by atoms with E-state index in [1.165, 1.54) is 0 Å². The molecule has 28 heavy (non-hydrogen) atoms. The Hall–Kier alpha value is -2.63. The molecule has 0 saturated carbocycles. The zero-order chi connectivity index (χ0) is 20.3. The fraction of sp³-hybridized carbons (Fsp3) is 0.273. The van der Waals surface area contributed by atoms with Crippen molar-refractivity contribution in [3.05, 3.63) is 76.3 Å². The van der Waals surface area contributed by atoms with Crippen molar-refractivity contribution in [3.63, 3.8) is 0 Å². The van der Waals surface area contributed by atoms with Crippen molar-refractivity contribution in [1.82, 2.24) is 9.80 Å². The predicted molar refractivity (Wildman–Crippen MR) is 110 cm³/mol. The largest absolute Gasteiger partial charge is 0.507 e. The van der Waals surface area contributed by atoms with Gasteiger partial charge in [-0.15, -0.1) is 0 Å². The molecule has 0 unspecified atom stereocenters. The number of likely N-dealkylation sites (tertiary alicyclic amines) is 1. The summed E-state index contributed by atoms with van der Waals surface area (Å²) >= 11 is 6.01. The number of benzene rings is 2. The minimum absolute atomic E-state index is 0.114. The highest BCUT2D eigenvalue weighted by molar-refractivity contribution is 6.46. The summed E-state index contributed by atoms with van der Waals surface area (Å²) in [6.07, 6.45) is 0.718. The summed E-state index contributed by atoms with van der Waals surface area (Å²) in [5.41, 5.74) is 1.36. The normalized spacial score (nSPS) is 18.9. The van der Waals surface area contributed by atoms with Crippen molar-refractivity contribution in [2.75, 3.05) is 27.2 Å². The minimum Gasteiger partial charge on any atom is -0.507 e. The first-order valence-electron chi connectivity index (χ1n) is 9.14. The predicted octanol–water partition coefficient (Wildman–Crippen LogP) is 3.71. The van der Waals surface area contributed by atoms with Crippen molar-refractivity contribution in [2.45, 2.75) is 12.5 Å². The maximum Gasteiger partial charge on any atom is 0.295 e. The second-order valence-corrected chi connectivity index (χ2v) is 7.50. The minimum atomic E-state index is -0.661. The van der Waals surface area contributed by atoms with Crippen LogP contribution in [0, 0.1) is 0 Å². The molecule has 2 aromatic rings. The molecule has 146 valence electrons. The molecular formula is C22H23ClN2O3. The van der Waals surface area contributed by atoms with E-state index in [0.29, 0.717) is 17.1 Å². The summed E-state index contributed by atoms with van der Waals surface area (Å²) in [5, 5.41) is 11.4. The topological polar surface area (TPSA) is 60.9 Å². The first-order chi connectivity index (χ1) is 13.4. The highest BCUT2D eigenvalue weighted by Gasteiger charge is 2.45. The highest BCUT2D eigenvalue weighted by atomic mass is 35.5. The van der Waals surface area contributed by atoms with E-state index in [1.54, 1.807) is 53.4 Å². The van der Waals surface area contributed by atoms with Crippen LogP contribution in [0.1, 0.15) is 23.6 Å². The number of amides is 1. The van der Waals surface area contributed by atoms with Gasteiger partial charge < -0.3 is 14.9 Å². The lowest BCUT2D eigenvalue weighted by molar-refractivity contribution is -0.139. The molecule has 1 fully saturated rings. The van der Waals surface area contributed by atoms with Crippen LogP contribution in [-0.2, 0) is 9.59 Å². The monoisotopic (exact) mass is 398 g/mol. The van der Waals surface area contributed by atoms with Gasteiger partial charge in [-0.3, -0.25) is 9.59 Å². The van der Waals surface area contributed by atoms with Crippen molar-refractivity contribution in [2.24, 2.45) is 0 Å². The lowest BCUT2D eigenvalue weighted by atomic mass is 9.95. The van der Waals surface area contributed by atoms with Gasteiger partial charge in [0, 0.05) is 17.1 Å². The van der Waals surface area contributed by atoms with E-state index in [1.807, 2.05) is 25.1 Å². The molecule has 1 aliphatic heterocycles. The Morgan fingerprint density at radius 3 is 2.32 bits per heavy atom. The highest BCUT2D eigenvalue weighted by Crippen LogP contribution is 2.39. The molecule has 1 atom stereocenters. The van der Waals surface area contributed by atoms with Crippen LogP contribution in [0.15, 0.2) is 60.2 Å². The maximum atomic E-state index is 12.8. The van der Waals surface area contributed by atoms with E-state index >= 15 is 0 Å². The van der Waals surface area contributed by atoms with Gasteiger partial charge in [0.15, 0.2) is 0 Å². The number of carbonyl (C=O) groups excluding carboxylic acids is 2. The molecule has 0 aromatic heterocycles. The Labute approximate surface area is 169 Å². The number of nitrogens with zero attached hydrogens (tertiary/aromatic N) is 2. The summed E-state index contributed by atoms with van der Waals surface area (Å²) in [4.78, 5) is 29.2. The Bertz CT molecular complexity index is 892. The van der Waals surface area contributed by atoms with Crippen LogP contribution in [0.3, 0.4) is 0 Å². The molecule has 3 rings (SSSR count). The number of aliphatic hydroxyl groups is 1. The molecule has 6 heteroatoms. The average Bonchev–Trinajstić information content (AvgIpc) is 2.93. The van der Waals surface area contributed by atoms with E-state index in [0.717, 1.165) is 18.5 Å². The molecular weight excluding hydrogens is 376 g/mol. The summed E-state index contributed by atoms with van der Waals surface area (Å²) < 4.78 is 0. The van der Waals surface area contributed by atoms with Gasteiger partial charge in [0.25, 0.3) is 11.7 Å². The number of hydrogen-bond acceptors (Lipinski definition) is 4. The Morgan fingerprint density at radius 1 is 1.07 bits per heavy atom. The van der Waals surface area contributed by atoms with Crippen molar-refractivity contribution >= 4 is 29.1 Å². The van der Waals surface area contributed by atoms with Gasteiger partial charge in [-0.05, 0) is 44.8 Å². The molecule has 0 bridgehead atoms. The first kappa shape index (κ1) is 20.1. The third kappa shape index (κ3) is 4.11. The van der Waals surface area contributed by atoms with Crippen LogP contribution in [0.25, 0.3) is 5.76 Å². The van der Waals surface area contributed by atoms with Crippen molar-refractivity contribution in [3.8, 4) is 0 Å². The fourth-order valence-corrected chi connectivity index (χ4v) is 3.54. The van der Waals surface area contributed by atoms with E-state index in [2.05, 4.69) is 0 Å². The van der Waals surface area contributed by atoms with E-state index in [-0.39, 0.29) is 11.3 Å². The second-order valence-electron chi connectivity index (χ2n) is 7.07. The number of hydrogen-bond donors (Lipinski definition) is 1. The average molecular weight is 399 g/mol. The van der Waals surface area contributed by atoms with Crippen LogP contribution >= 0.6 is 11.6 Å². The smallest absolute Gasteiger partial charge is 0.295 e. The van der Waals surface area contributed by atoms with E-state index in [4.69, 9.17) is 11.6 Å². The lowest BCUT2D eigenvalue weighted by Gasteiger charge is -2.26. The maximum absolute atomic E-state index is 12.8. The van der Waals surface area contributed by atoms with Gasteiger partial charge in [-0.2, -0.15) is 0 Å². The number of halogens is 1. The molecule has 0 radical (unpaired) electrons. The van der Waals surface area contributed by atoms with Crippen LogP contribution in [0.5, 0.6) is 0 Å². The van der Waals surface area contributed by atoms with Gasteiger partial charge in [0.1, 0.15) is 5.76 Å². The second kappa shape index (κ2) is 8.59. The summed E-state index contributed by atoms with van der Waals surface area (Å²) in [6.45, 7) is 1.20.